The van der Waals surface area contributed by atoms with Crippen molar-refractivity contribution >= 4 is 5.69 Å². The molecule has 0 aromatic heterocycles. The lowest BCUT2D eigenvalue weighted by atomic mass is 10.0. The summed E-state index contributed by atoms with van der Waals surface area (Å²) in [7, 11) is 0. The van der Waals surface area contributed by atoms with E-state index in [0.29, 0.717) is 6.04 Å². The third kappa shape index (κ3) is 3.26. The van der Waals surface area contributed by atoms with Gasteiger partial charge in [-0.25, -0.2) is 0 Å². The minimum Gasteiger partial charge on any atom is -0.382 e. The van der Waals surface area contributed by atoms with Gasteiger partial charge in [0.1, 0.15) is 0 Å². The van der Waals surface area contributed by atoms with Crippen molar-refractivity contribution < 1.29 is 0 Å². The van der Waals surface area contributed by atoms with Crippen LogP contribution in [0.4, 0.5) is 5.69 Å². The first-order valence-electron chi connectivity index (χ1n) is 6.96. The van der Waals surface area contributed by atoms with Crippen molar-refractivity contribution in [3.05, 3.63) is 29.3 Å². The van der Waals surface area contributed by atoms with Crippen molar-refractivity contribution in [2.75, 3.05) is 5.32 Å². The van der Waals surface area contributed by atoms with Crippen LogP contribution >= 0.6 is 0 Å². The molecule has 0 heterocycles. The summed E-state index contributed by atoms with van der Waals surface area (Å²) in [4.78, 5) is 0. The largest absolute Gasteiger partial charge is 0.382 e. The molecule has 2 rings (SSSR count). The number of nitrogens with one attached hydrogen (secondary N) is 1. The van der Waals surface area contributed by atoms with E-state index in [9.17, 15) is 0 Å². The SMILES string of the molecule is Cc1ccc(C#N)cc1NC1CCCC(C)CC1. The van der Waals surface area contributed by atoms with Crippen LogP contribution in [-0.4, -0.2) is 6.04 Å². The fraction of sp³-hybridized carbons (Fsp3) is 0.562. The summed E-state index contributed by atoms with van der Waals surface area (Å²) >= 11 is 0. The molecule has 2 unspecified atom stereocenters. The standard InChI is InChI=1S/C16H22N2/c1-12-4-3-5-15(9-6-12)18-16-10-14(11-17)8-7-13(16)2/h7-8,10,12,15,18H,3-6,9H2,1-2H3. The van der Waals surface area contributed by atoms with Gasteiger partial charge in [0.25, 0.3) is 0 Å². The monoisotopic (exact) mass is 242 g/mol. The van der Waals surface area contributed by atoms with E-state index in [2.05, 4.69) is 25.2 Å². The van der Waals surface area contributed by atoms with E-state index in [4.69, 9.17) is 5.26 Å². The molecule has 1 aromatic rings. The van der Waals surface area contributed by atoms with E-state index in [-0.39, 0.29) is 0 Å². The average molecular weight is 242 g/mol. The quantitative estimate of drug-likeness (QED) is 0.787. The molecule has 0 aliphatic heterocycles. The molecule has 1 saturated carbocycles. The molecular formula is C16H22N2. The highest BCUT2D eigenvalue weighted by molar-refractivity contribution is 5.55. The first-order valence-corrected chi connectivity index (χ1v) is 6.96. The molecule has 1 aromatic carbocycles. The van der Waals surface area contributed by atoms with E-state index in [1.807, 2.05) is 18.2 Å². The molecule has 1 aliphatic carbocycles. The number of nitrogens with zero attached hydrogens (tertiary/aromatic N) is 1. The lowest BCUT2D eigenvalue weighted by molar-refractivity contribution is 0.502. The molecule has 1 aliphatic rings. The first-order chi connectivity index (χ1) is 8.69. The van der Waals surface area contributed by atoms with Crippen LogP contribution in [0.2, 0.25) is 0 Å². The van der Waals surface area contributed by atoms with Gasteiger partial charge in [-0.1, -0.05) is 25.8 Å². The Bertz CT molecular complexity index is 445. The molecule has 2 heteroatoms. The molecule has 0 radical (unpaired) electrons. The third-order valence-electron chi connectivity index (χ3n) is 3.98. The fourth-order valence-electron chi connectivity index (χ4n) is 2.70. The number of nitriles is 1. The summed E-state index contributed by atoms with van der Waals surface area (Å²) in [6.07, 6.45) is 6.48. The minimum absolute atomic E-state index is 0.572. The van der Waals surface area contributed by atoms with E-state index < -0.39 is 0 Å². The van der Waals surface area contributed by atoms with Gasteiger partial charge in [-0.05, 0) is 49.8 Å². The highest BCUT2D eigenvalue weighted by Crippen LogP contribution is 2.26. The Morgan fingerprint density at radius 3 is 2.83 bits per heavy atom. The summed E-state index contributed by atoms with van der Waals surface area (Å²) < 4.78 is 0. The maximum Gasteiger partial charge on any atom is 0.0992 e. The first kappa shape index (κ1) is 13.0. The van der Waals surface area contributed by atoms with Crippen LogP contribution in [0.3, 0.4) is 0 Å². The van der Waals surface area contributed by atoms with Crippen LogP contribution < -0.4 is 5.32 Å². The van der Waals surface area contributed by atoms with Gasteiger partial charge in [-0.3, -0.25) is 0 Å². The maximum absolute atomic E-state index is 8.96. The van der Waals surface area contributed by atoms with Crippen LogP contribution in [-0.2, 0) is 0 Å². The minimum atomic E-state index is 0.572. The van der Waals surface area contributed by atoms with Crippen molar-refractivity contribution in [1.82, 2.24) is 0 Å². The van der Waals surface area contributed by atoms with Gasteiger partial charge in [0.2, 0.25) is 0 Å². The van der Waals surface area contributed by atoms with Crippen molar-refractivity contribution in [3.8, 4) is 6.07 Å². The van der Waals surface area contributed by atoms with Gasteiger partial charge in [0.05, 0.1) is 11.6 Å². The molecule has 1 fully saturated rings. The number of benzene rings is 1. The molecule has 1 N–H and O–H groups in total. The van der Waals surface area contributed by atoms with Gasteiger partial charge in [-0.15, -0.1) is 0 Å². The number of anilines is 1. The number of hydrogen-bond acceptors (Lipinski definition) is 2. The zero-order chi connectivity index (χ0) is 13.0. The van der Waals surface area contributed by atoms with Crippen LogP contribution in [0.15, 0.2) is 18.2 Å². The second kappa shape index (κ2) is 5.91. The summed E-state index contributed by atoms with van der Waals surface area (Å²) in [6.45, 7) is 4.45. The van der Waals surface area contributed by atoms with Gasteiger partial charge >= 0.3 is 0 Å². The molecule has 0 saturated heterocycles. The second-order valence-electron chi connectivity index (χ2n) is 5.60. The zero-order valence-electron chi connectivity index (χ0n) is 11.4. The normalized spacial score (nSPS) is 24.1. The van der Waals surface area contributed by atoms with Crippen LogP contribution in [0, 0.1) is 24.2 Å². The zero-order valence-corrected chi connectivity index (χ0v) is 11.4. The Labute approximate surface area is 110 Å². The molecule has 0 spiro atoms. The number of rotatable bonds is 2. The van der Waals surface area contributed by atoms with Crippen molar-refractivity contribution in [3.63, 3.8) is 0 Å². The van der Waals surface area contributed by atoms with Crippen molar-refractivity contribution in [1.29, 1.82) is 5.26 Å². The molecular weight excluding hydrogens is 220 g/mol. The van der Waals surface area contributed by atoms with Crippen molar-refractivity contribution in [2.24, 2.45) is 5.92 Å². The van der Waals surface area contributed by atoms with Crippen LogP contribution in [0.5, 0.6) is 0 Å². The molecule has 18 heavy (non-hydrogen) atoms. The Morgan fingerprint density at radius 1 is 1.22 bits per heavy atom. The van der Waals surface area contributed by atoms with Crippen molar-refractivity contribution in [2.45, 2.75) is 52.0 Å². The predicted octanol–water partition coefficient (Wildman–Crippen LogP) is 4.25. The number of aryl methyl sites for hydroxylation is 1. The fourth-order valence-corrected chi connectivity index (χ4v) is 2.70. The molecule has 2 nitrogen and oxygen atoms in total. The lowest BCUT2D eigenvalue weighted by Gasteiger charge is -2.19. The molecule has 0 amide bonds. The molecule has 96 valence electrons. The van der Waals surface area contributed by atoms with E-state index in [1.165, 1.54) is 37.7 Å². The van der Waals surface area contributed by atoms with Gasteiger partial charge < -0.3 is 5.32 Å². The summed E-state index contributed by atoms with van der Waals surface area (Å²) in [5, 5.41) is 12.6. The Hall–Kier alpha value is -1.49. The van der Waals surface area contributed by atoms with Crippen LogP contribution in [0.1, 0.15) is 50.2 Å². The summed E-state index contributed by atoms with van der Waals surface area (Å²) in [6, 6.07) is 8.67. The molecule has 2 atom stereocenters. The Balaban J connectivity index is 2.06. The van der Waals surface area contributed by atoms with E-state index >= 15 is 0 Å². The highest BCUT2D eigenvalue weighted by atomic mass is 14.9. The highest BCUT2D eigenvalue weighted by Gasteiger charge is 2.16. The number of hydrogen-bond donors (Lipinski definition) is 1. The smallest absolute Gasteiger partial charge is 0.0992 e. The summed E-state index contributed by atoms with van der Waals surface area (Å²) in [5.74, 6) is 0.864. The molecule has 0 bridgehead atoms. The van der Waals surface area contributed by atoms with E-state index in [1.54, 1.807) is 0 Å². The van der Waals surface area contributed by atoms with Gasteiger partial charge in [0.15, 0.2) is 0 Å². The Kier molecular flexibility index (Phi) is 4.25. The lowest BCUT2D eigenvalue weighted by Crippen LogP contribution is -2.19. The van der Waals surface area contributed by atoms with Crippen LogP contribution in [0.25, 0.3) is 0 Å². The predicted molar refractivity (Wildman–Crippen MR) is 75.6 cm³/mol. The second-order valence-corrected chi connectivity index (χ2v) is 5.60. The van der Waals surface area contributed by atoms with E-state index in [0.717, 1.165) is 17.2 Å². The average Bonchev–Trinajstić information content (AvgIpc) is 2.57. The Morgan fingerprint density at radius 2 is 2.06 bits per heavy atom. The third-order valence-corrected chi connectivity index (χ3v) is 3.98. The topological polar surface area (TPSA) is 35.8 Å². The van der Waals surface area contributed by atoms with Gasteiger partial charge in [-0.2, -0.15) is 5.26 Å². The van der Waals surface area contributed by atoms with Gasteiger partial charge in [0, 0.05) is 11.7 Å². The summed E-state index contributed by atoms with van der Waals surface area (Å²) in [5.41, 5.74) is 3.10. The maximum atomic E-state index is 8.96.